The molecule has 1 saturated carbocycles. The minimum atomic E-state index is 0.00313. The predicted octanol–water partition coefficient (Wildman–Crippen LogP) is 2.50. The Balaban J connectivity index is 1.81. The largest absolute Gasteiger partial charge is 0.394 e. The zero-order valence-electron chi connectivity index (χ0n) is 13.9. The number of hydrogen-bond donors (Lipinski definition) is 2. The Kier molecular flexibility index (Phi) is 5.14. The molecule has 1 aliphatic carbocycles. The van der Waals surface area contributed by atoms with Gasteiger partial charge in [0.05, 0.1) is 6.61 Å². The fourth-order valence-electron chi connectivity index (χ4n) is 4.26. The number of nitrogens with one attached hydrogen (secondary N) is 1. The quantitative estimate of drug-likeness (QED) is 0.813. The maximum atomic E-state index is 9.75. The van der Waals surface area contributed by atoms with Crippen molar-refractivity contribution >= 4 is 0 Å². The van der Waals surface area contributed by atoms with E-state index in [-0.39, 0.29) is 5.54 Å². The summed E-state index contributed by atoms with van der Waals surface area (Å²) in [6.07, 6.45) is 6.26. The molecule has 3 unspecified atom stereocenters. The molecule has 2 N–H and O–H groups in total. The standard InChI is InChI=1S/C17H34N2O/c1-16(2,3)15-8-11-19(12-15)10-7-14-6-5-9-17(14,13-20)18-4/h14-15,18,20H,5-13H2,1-4H3. The Hall–Kier alpha value is -0.120. The van der Waals surface area contributed by atoms with Gasteiger partial charge in [-0.05, 0) is 63.1 Å². The first-order chi connectivity index (χ1) is 9.41. The summed E-state index contributed by atoms with van der Waals surface area (Å²) in [6, 6.07) is 0. The van der Waals surface area contributed by atoms with Crippen molar-refractivity contribution in [3.05, 3.63) is 0 Å². The first kappa shape index (κ1) is 16.3. The highest BCUT2D eigenvalue weighted by atomic mass is 16.3. The van der Waals surface area contributed by atoms with E-state index in [2.05, 4.69) is 31.0 Å². The molecule has 118 valence electrons. The minimum Gasteiger partial charge on any atom is -0.394 e. The molecule has 1 aliphatic heterocycles. The van der Waals surface area contributed by atoms with E-state index in [0.29, 0.717) is 17.9 Å². The van der Waals surface area contributed by atoms with Crippen LogP contribution in [0.25, 0.3) is 0 Å². The van der Waals surface area contributed by atoms with E-state index in [1.54, 1.807) is 0 Å². The number of aliphatic hydroxyl groups is 1. The van der Waals surface area contributed by atoms with Crippen LogP contribution >= 0.6 is 0 Å². The number of rotatable bonds is 5. The van der Waals surface area contributed by atoms with Crippen molar-refractivity contribution in [3.8, 4) is 0 Å². The molecule has 2 aliphatic rings. The zero-order valence-corrected chi connectivity index (χ0v) is 13.9. The molecular formula is C17H34N2O. The number of nitrogens with zero attached hydrogens (tertiary/aromatic N) is 1. The van der Waals surface area contributed by atoms with Gasteiger partial charge in [0, 0.05) is 12.1 Å². The van der Waals surface area contributed by atoms with E-state index >= 15 is 0 Å². The Bertz CT molecular complexity index is 307. The fourth-order valence-corrected chi connectivity index (χ4v) is 4.26. The van der Waals surface area contributed by atoms with Crippen LogP contribution in [0.2, 0.25) is 0 Å². The lowest BCUT2D eigenvalue weighted by Crippen LogP contribution is -2.50. The zero-order chi connectivity index (χ0) is 14.8. The Morgan fingerprint density at radius 3 is 2.60 bits per heavy atom. The summed E-state index contributed by atoms with van der Waals surface area (Å²) in [5.74, 6) is 1.49. The Labute approximate surface area is 125 Å². The molecule has 3 atom stereocenters. The first-order valence-corrected chi connectivity index (χ1v) is 8.43. The second-order valence-corrected chi connectivity index (χ2v) is 8.09. The van der Waals surface area contributed by atoms with E-state index < -0.39 is 0 Å². The third kappa shape index (κ3) is 3.37. The lowest BCUT2D eigenvalue weighted by molar-refractivity contribution is 0.119. The average molecular weight is 282 g/mol. The van der Waals surface area contributed by atoms with Gasteiger partial charge in [-0.2, -0.15) is 0 Å². The van der Waals surface area contributed by atoms with Gasteiger partial charge < -0.3 is 15.3 Å². The summed E-state index contributed by atoms with van der Waals surface area (Å²) in [5, 5.41) is 13.2. The van der Waals surface area contributed by atoms with Crippen LogP contribution in [0, 0.1) is 17.3 Å². The molecule has 2 fully saturated rings. The van der Waals surface area contributed by atoms with Crippen LogP contribution in [0.15, 0.2) is 0 Å². The lowest BCUT2D eigenvalue weighted by atomic mass is 9.80. The van der Waals surface area contributed by atoms with E-state index in [0.717, 1.165) is 12.3 Å². The summed E-state index contributed by atoms with van der Waals surface area (Å²) in [5.41, 5.74) is 0.449. The highest BCUT2D eigenvalue weighted by Gasteiger charge is 2.41. The molecule has 0 amide bonds. The van der Waals surface area contributed by atoms with E-state index in [4.69, 9.17) is 0 Å². The minimum absolute atomic E-state index is 0.00313. The molecule has 2 rings (SSSR count). The lowest BCUT2D eigenvalue weighted by Gasteiger charge is -2.34. The normalized spacial score (nSPS) is 35.9. The fraction of sp³-hybridized carbons (Fsp3) is 1.00. The molecule has 3 heteroatoms. The van der Waals surface area contributed by atoms with Crippen LogP contribution in [0.4, 0.5) is 0 Å². The van der Waals surface area contributed by atoms with Gasteiger partial charge in [0.15, 0.2) is 0 Å². The maximum Gasteiger partial charge on any atom is 0.0615 e. The van der Waals surface area contributed by atoms with Crippen LogP contribution in [0.1, 0.15) is 52.9 Å². The van der Waals surface area contributed by atoms with Crippen molar-refractivity contribution in [2.75, 3.05) is 33.3 Å². The molecule has 0 aromatic rings. The van der Waals surface area contributed by atoms with Crippen molar-refractivity contribution in [2.45, 2.75) is 58.4 Å². The highest BCUT2D eigenvalue weighted by molar-refractivity contribution is 4.98. The van der Waals surface area contributed by atoms with Crippen molar-refractivity contribution in [2.24, 2.45) is 17.3 Å². The molecule has 20 heavy (non-hydrogen) atoms. The summed E-state index contributed by atoms with van der Waals surface area (Å²) in [6.45, 7) is 11.1. The molecule has 3 nitrogen and oxygen atoms in total. The monoisotopic (exact) mass is 282 g/mol. The number of likely N-dealkylation sites (N-methyl/N-ethyl adjacent to an activating group) is 1. The summed E-state index contributed by atoms with van der Waals surface area (Å²) in [7, 11) is 2.01. The van der Waals surface area contributed by atoms with Gasteiger partial charge in [-0.25, -0.2) is 0 Å². The van der Waals surface area contributed by atoms with Crippen LogP contribution in [0.5, 0.6) is 0 Å². The van der Waals surface area contributed by atoms with Gasteiger partial charge in [0.2, 0.25) is 0 Å². The molecule has 0 aromatic carbocycles. The number of aliphatic hydroxyl groups excluding tert-OH is 1. The Morgan fingerprint density at radius 1 is 1.30 bits per heavy atom. The van der Waals surface area contributed by atoms with Crippen LogP contribution in [-0.4, -0.2) is 48.8 Å². The smallest absolute Gasteiger partial charge is 0.0615 e. The van der Waals surface area contributed by atoms with Crippen LogP contribution in [0.3, 0.4) is 0 Å². The van der Waals surface area contributed by atoms with E-state index in [1.165, 1.54) is 45.3 Å². The molecule has 0 radical (unpaired) electrons. The van der Waals surface area contributed by atoms with Gasteiger partial charge in [-0.1, -0.05) is 27.2 Å². The van der Waals surface area contributed by atoms with E-state index in [1.807, 2.05) is 7.05 Å². The maximum absolute atomic E-state index is 9.75. The van der Waals surface area contributed by atoms with Gasteiger partial charge >= 0.3 is 0 Å². The van der Waals surface area contributed by atoms with Crippen molar-refractivity contribution in [1.29, 1.82) is 0 Å². The molecule has 0 aromatic heterocycles. The summed E-state index contributed by atoms with van der Waals surface area (Å²) in [4.78, 5) is 2.64. The van der Waals surface area contributed by atoms with Crippen molar-refractivity contribution in [1.82, 2.24) is 10.2 Å². The van der Waals surface area contributed by atoms with Gasteiger partial charge in [-0.3, -0.25) is 0 Å². The summed E-state index contributed by atoms with van der Waals surface area (Å²) >= 11 is 0. The van der Waals surface area contributed by atoms with Gasteiger partial charge in [-0.15, -0.1) is 0 Å². The predicted molar refractivity (Wildman–Crippen MR) is 84.8 cm³/mol. The third-order valence-electron chi connectivity index (χ3n) is 6.03. The second-order valence-electron chi connectivity index (χ2n) is 8.09. The molecule has 1 heterocycles. The second kappa shape index (κ2) is 6.33. The SMILES string of the molecule is CNC1(CO)CCCC1CCN1CCC(C(C)(C)C)C1. The highest BCUT2D eigenvalue weighted by Crippen LogP contribution is 2.38. The Morgan fingerprint density at radius 2 is 2.05 bits per heavy atom. The van der Waals surface area contributed by atoms with Gasteiger partial charge in [0.25, 0.3) is 0 Å². The first-order valence-electron chi connectivity index (χ1n) is 8.43. The third-order valence-corrected chi connectivity index (χ3v) is 6.03. The van der Waals surface area contributed by atoms with Crippen molar-refractivity contribution < 1.29 is 5.11 Å². The molecular weight excluding hydrogens is 248 g/mol. The van der Waals surface area contributed by atoms with Crippen LogP contribution < -0.4 is 5.32 Å². The number of hydrogen-bond acceptors (Lipinski definition) is 3. The summed E-state index contributed by atoms with van der Waals surface area (Å²) < 4.78 is 0. The number of likely N-dealkylation sites (tertiary alicyclic amines) is 1. The average Bonchev–Trinajstić information content (AvgIpc) is 3.02. The van der Waals surface area contributed by atoms with Gasteiger partial charge in [0.1, 0.15) is 0 Å². The van der Waals surface area contributed by atoms with E-state index in [9.17, 15) is 5.11 Å². The molecule has 1 saturated heterocycles. The van der Waals surface area contributed by atoms with Crippen LogP contribution in [-0.2, 0) is 0 Å². The topological polar surface area (TPSA) is 35.5 Å². The molecule has 0 bridgehead atoms. The molecule has 0 spiro atoms. The van der Waals surface area contributed by atoms with Crippen molar-refractivity contribution in [3.63, 3.8) is 0 Å².